The van der Waals surface area contributed by atoms with Crippen LogP contribution in [0.5, 0.6) is 0 Å². The first-order chi connectivity index (χ1) is 10.2. The number of carbonyl (C=O) groups excluding carboxylic acids is 1. The number of aromatic nitrogens is 1. The Morgan fingerprint density at radius 2 is 2.10 bits per heavy atom. The van der Waals surface area contributed by atoms with E-state index in [1.807, 2.05) is 0 Å². The molecule has 1 aromatic carbocycles. The molecule has 0 unspecified atom stereocenters. The fourth-order valence-electron chi connectivity index (χ4n) is 1.77. The summed E-state index contributed by atoms with van der Waals surface area (Å²) in [5.74, 6) is 0.0682. The van der Waals surface area contributed by atoms with Crippen molar-refractivity contribution in [3.63, 3.8) is 0 Å². The zero-order valence-electron chi connectivity index (χ0n) is 10.9. The molecule has 0 saturated carbocycles. The van der Waals surface area contributed by atoms with Gasteiger partial charge in [0, 0.05) is 11.9 Å². The van der Waals surface area contributed by atoms with Crippen LogP contribution in [-0.2, 0) is 6.54 Å². The number of hydrogen-bond donors (Lipinski definition) is 1. The summed E-state index contributed by atoms with van der Waals surface area (Å²) in [7, 11) is 0. The van der Waals surface area contributed by atoms with Crippen molar-refractivity contribution in [3.8, 4) is 10.8 Å². The third kappa shape index (κ3) is 3.17. The molecule has 0 aliphatic heterocycles. The maximum atomic E-state index is 12.8. The van der Waals surface area contributed by atoms with E-state index < -0.39 is 0 Å². The first-order valence-electron chi connectivity index (χ1n) is 6.24. The summed E-state index contributed by atoms with van der Waals surface area (Å²) in [4.78, 5) is 16.2. The van der Waals surface area contributed by atoms with Gasteiger partial charge in [-0.05, 0) is 29.8 Å². The lowest BCUT2D eigenvalue weighted by Gasteiger charge is -2.03. The van der Waals surface area contributed by atoms with Crippen LogP contribution < -0.4 is 5.32 Å². The summed E-state index contributed by atoms with van der Waals surface area (Å²) >= 11 is 1.34. The van der Waals surface area contributed by atoms with Crippen molar-refractivity contribution in [2.24, 2.45) is 0 Å². The van der Waals surface area contributed by atoms with Gasteiger partial charge in [-0.25, -0.2) is 9.37 Å². The molecular formula is C15H11FN2O2S. The van der Waals surface area contributed by atoms with Crippen LogP contribution >= 0.6 is 11.3 Å². The normalized spacial score (nSPS) is 10.5. The molecule has 0 saturated heterocycles. The highest BCUT2D eigenvalue weighted by Gasteiger charge is 2.12. The standard InChI is InChI=1S/C15H11FN2O2S/c16-11-5-3-10(4-6-11)8-17-14(19)12-9-21-15(18-12)13-2-1-7-20-13/h1-7,9H,8H2,(H,17,19). The van der Waals surface area contributed by atoms with E-state index >= 15 is 0 Å². The van der Waals surface area contributed by atoms with Crippen molar-refractivity contribution in [2.45, 2.75) is 6.54 Å². The average molecular weight is 302 g/mol. The monoisotopic (exact) mass is 302 g/mol. The predicted molar refractivity (Wildman–Crippen MR) is 77.4 cm³/mol. The van der Waals surface area contributed by atoms with Gasteiger partial charge in [0.05, 0.1) is 6.26 Å². The van der Waals surface area contributed by atoms with Crippen LogP contribution in [0.4, 0.5) is 4.39 Å². The molecule has 2 aromatic heterocycles. The molecule has 106 valence electrons. The molecule has 0 radical (unpaired) electrons. The first kappa shape index (κ1) is 13.5. The van der Waals surface area contributed by atoms with Gasteiger partial charge in [-0.3, -0.25) is 4.79 Å². The van der Waals surface area contributed by atoms with Crippen molar-refractivity contribution < 1.29 is 13.6 Å². The molecule has 3 rings (SSSR count). The van der Waals surface area contributed by atoms with E-state index in [-0.39, 0.29) is 11.7 Å². The Balaban J connectivity index is 1.64. The molecule has 0 atom stereocenters. The first-order valence-corrected chi connectivity index (χ1v) is 7.12. The number of thiazole rings is 1. The summed E-state index contributed by atoms with van der Waals surface area (Å²) in [5.41, 5.74) is 1.17. The number of rotatable bonds is 4. The average Bonchev–Trinajstić information content (AvgIpc) is 3.17. The minimum atomic E-state index is -0.298. The number of nitrogens with zero attached hydrogens (tertiary/aromatic N) is 1. The number of halogens is 1. The van der Waals surface area contributed by atoms with E-state index in [4.69, 9.17) is 4.42 Å². The van der Waals surface area contributed by atoms with Crippen LogP contribution in [0.2, 0.25) is 0 Å². The zero-order chi connectivity index (χ0) is 14.7. The van der Waals surface area contributed by atoms with Crippen LogP contribution in [0.1, 0.15) is 16.1 Å². The van der Waals surface area contributed by atoms with Gasteiger partial charge in [0.1, 0.15) is 11.5 Å². The van der Waals surface area contributed by atoms with Gasteiger partial charge < -0.3 is 9.73 Å². The summed E-state index contributed by atoms with van der Waals surface area (Å²) in [5, 5.41) is 5.08. The summed E-state index contributed by atoms with van der Waals surface area (Å²) in [6.45, 7) is 0.326. The SMILES string of the molecule is O=C(NCc1ccc(F)cc1)c1csc(-c2ccco2)n1. The number of carbonyl (C=O) groups is 1. The highest BCUT2D eigenvalue weighted by atomic mass is 32.1. The smallest absolute Gasteiger partial charge is 0.271 e. The second-order valence-corrected chi connectivity index (χ2v) is 5.18. The Morgan fingerprint density at radius 1 is 1.29 bits per heavy atom. The van der Waals surface area contributed by atoms with Crippen LogP contribution in [0.25, 0.3) is 10.8 Å². The van der Waals surface area contributed by atoms with Crippen LogP contribution in [0, 0.1) is 5.82 Å². The maximum Gasteiger partial charge on any atom is 0.271 e. The molecule has 6 heteroatoms. The molecule has 0 spiro atoms. The van der Waals surface area contributed by atoms with E-state index in [0.29, 0.717) is 23.0 Å². The quantitative estimate of drug-likeness (QED) is 0.803. The fourth-order valence-corrected chi connectivity index (χ4v) is 2.53. The molecule has 0 aliphatic rings. The van der Waals surface area contributed by atoms with E-state index in [1.54, 1.807) is 35.9 Å². The van der Waals surface area contributed by atoms with E-state index in [9.17, 15) is 9.18 Å². The van der Waals surface area contributed by atoms with Crippen LogP contribution in [-0.4, -0.2) is 10.9 Å². The number of furan rings is 1. The Hall–Kier alpha value is -2.47. The van der Waals surface area contributed by atoms with Crippen molar-refractivity contribution in [1.82, 2.24) is 10.3 Å². The lowest BCUT2D eigenvalue weighted by molar-refractivity contribution is 0.0946. The molecule has 0 fully saturated rings. The van der Waals surface area contributed by atoms with Crippen molar-refractivity contribution in [2.75, 3.05) is 0 Å². The Kier molecular flexibility index (Phi) is 3.79. The molecule has 21 heavy (non-hydrogen) atoms. The number of benzene rings is 1. The highest BCUT2D eigenvalue weighted by Crippen LogP contribution is 2.23. The minimum absolute atomic E-state index is 0.270. The predicted octanol–water partition coefficient (Wildman–Crippen LogP) is 3.47. The van der Waals surface area contributed by atoms with Gasteiger partial charge >= 0.3 is 0 Å². The van der Waals surface area contributed by atoms with Gasteiger partial charge in [-0.2, -0.15) is 0 Å². The lowest BCUT2D eigenvalue weighted by atomic mass is 10.2. The van der Waals surface area contributed by atoms with Gasteiger partial charge in [0.25, 0.3) is 5.91 Å². The van der Waals surface area contributed by atoms with E-state index in [0.717, 1.165) is 5.56 Å². The fraction of sp³-hybridized carbons (Fsp3) is 0.0667. The zero-order valence-corrected chi connectivity index (χ0v) is 11.7. The van der Waals surface area contributed by atoms with Gasteiger partial charge in [0.15, 0.2) is 10.8 Å². The molecule has 1 N–H and O–H groups in total. The highest BCUT2D eigenvalue weighted by molar-refractivity contribution is 7.13. The summed E-state index contributed by atoms with van der Waals surface area (Å²) in [6, 6.07) is 9.54. The molecule has 0 bridgehead atoms. The third-order valence-corrected chi connectivity index (χ3v) is 3.69. The number of hydrogen-bond acceptors (Lipinski definition) is 4. The Labute approximate surface area is 124 Å². The molecule has 1 amide bonds. The topological polar surface area (TPSA) is 55.1 Å². The van der Waals surface area contributed by atoms with Gasteiger partial charge in [-0.15, -0.1) is 11.3 Å². The Bertz CT molecular complexity index is 735. The van der Waals surface area contributed by atoms with E-state index in [1.165, 1.54) is 23.5 Å². The van der Waals surface area contributed by atoms with Gasteiger partial charge in [-0.1, -0.05) is 12.1 Å². The number of nitrogens with one attached hydrogen (secondary N) is 1. The third-order valence-electron chi connectivity index (χ3n) is 2.84. The largest absolute Gasteiger partial charge is 0.462 e. The second kappa shape index (κ2) is 5.88. The van der Waals surface area contributed by atoms with Crippen LogP contribution in [0.15, 0.2) is 52.5 Å². The summed E-state index contributed by atoms with van der Waals surface area (Å²) in [6.07, 6.45) is 1.56. The molecule has 4 nitrogen and oxygen atoms in total. The molecule has 3 aromatic rings. The molecule has 2 heterocycles. The van der Waals surface area contributed by atoms with Crippen molar-refractivity contribution in [3.05, 3.63) is 65.1 Å². The minimum Gasteiger partial charge on any atom is -0.462 e. The maximum absolute atomic E-state index is 12.8. The van der Waals surface area contributed by atoms with Crippen molar-refractivity contribution in [1.29, 1.82) is 0 Å². The molecular weight excluding hydrogens is 291 g/mol. The van der Waals surface area contributed by atoms with Crippen molar-refractivity contribution >= 4 is 17.2 Å². The van der Waals surface area contributed by atoms with Crippen LogP contribution in [0.3, 0.4) is 0 Å². The second-order valence-electron chi connectivity index (χ2n) is 4.32. The van der Waals surface area contributed by atoms with E-state index in [2.05, 4.69) is 10.3 Å². The molecule has 0 aliphatic carbocycles. The summed E-state index contributed by atoms with van der Waals surface area (Å²) < 4.78 is 18.0. The van der Waals surface area contributed by atoms with Gasteiger partial charge in [0.2, 0.25) is 0 Å². The Morgan fingerprint density at radius 3 is 2.81 bits per heavy atom. The lowest BCUT2D eigenvalue weighted by Crippen LogP contribution is -2.23. The number of amides is 1.